The molecule has 3 heterocycles. The van der Waals surface area contributed by atoms with Crippen molar-refractivity contribution in [1.82, 2.24) is 14.8 Å². The molecule has 2 fully saturated rings. The Bertz CT molecular complexity index is 678. The molecule has 0 bridgehead atoms. The number of likely N-dealkylation sites (N-methyl/N-ethyl adjacent to an activating group) is 1. The quantitative estimate of drug-likeness (QED) is 0.810. The van der Waals surface area contributed by atoms with Gasteiger partial charge >= 0.3 is 0 Å². The number of aliphatic hydroxyl groups is 1. The van der Waals surface area contributed by atoms with Crippen molar-refractivity contribution in [2.24, 2.45) is 5.92 Å². The highest BCUT2D eigenvalue weighted by Gasteiger charge is 2.35. The van der Waals surface area contributed by atoms with E-state index in [9.17, 15) is 10.4 Å². The molecule has 2 aliphatic rings. The second-order valence-corrected chi connectivity index (χ2v) is 8.64. The van der Waals surface area contributed by atoms with Crippen LogP contribution in [-0.4, -0.2) is 78.9 Å². The summed E-state index contributed by atoms with van der Waals surface area (Å²) in [6, 6.07) is 6.80. The average molecular weight is 386 g/mol. The Hall–Kier alpha value is -1.68. The van der Waals surface area contributed by atoms with Crippen molar-refractivity contribution in [3.63, 3.8) is 0 Å². The topological polar surface area (TPSA) is 66.6 Å². The largest absolute Gasteiger partial charge is 0.396 e. The molecule has 0 radical (unpaired) electrons. The Labute approximate surface area is 169 Å². The summed E-state index contributed by atoms with van der Waals surface area (Å²) >= 11 is 0. The fourth-order valence-corrected chi connectivity index (χ4v) is 4.60. The molecular weight excluding hydrogens is 350 g/mol. The van der Waals surface area contributed by atoms with Crippen LogP contribution in [0.25, 0.3) is 0 Å². The maximum Gasteiger partial charge on any atom is 0.146 e. The summed E-state index contributed by atoms with van der Waals surface area (Å²) in [6.07, 6.45) is 2.96. The molecule has 0 aliphatic carbocycles. The van der Waals surface area contributed by atoms with E-state index in [-0.39, 0.29) is 6.61 Å². The van der Waals surface area contributed by atoms with Gasteiger partial charge in [-0.2, -0.15) is 5.26 Å². The van der Waals surface area contributed by atoms with E-state index in [0.29, 0.717) is 23.4 Å². The zero-order valence-corrected chi connectivity index (χ0v) is 17.6. The first-order chi connectivity index (χ1) is 13.5. The van der Waals surface area contributed by atoms with Crippen molar-refractivity contribution in [2.45, 2.75) is 45.1 Å². The number of aromatic nitrogens is 1. The summed E-state index contributed by atoms with van der Waals surface area (Å²) in [4.78, 5) is 12.2. The summed E-state index contributed by atoms with van der Waals surface area (Å²) in [7, 11) is 2.19. The van der Waals surface area contributed by atoms with Crippen LogP contribution >= 0.6 is 0 Å². The maximum atomic E-state index is 9.60. The molecular formula is C22H35N5O. The van der Waals surface area contributed by atoms with Crippen LogP contribution in [0.3, 0.4) is 0 Å². The molecule has 1 aromatic rings. The fourth-order valence-electron chi connectivity index (χ4n) is 4.60. The molecule has 0 unspecified atom stereocenters. The van der Waals surface area contributed by atoms with Crippen LogP contribution in [0.15, 0.2) is 12.1 Å². The first kappa shape index (κ1) is 21.0. The van der Waals surface area contributed by atoms with Gasteiger partial charge < -0.3 is 14.9 Å². The van der Waals surface area contributed by atoms with E-state index in [1.54, 1.807) is 0 Å². The number of rotatable bonds is 6. The lowest BCUT2D eigenvalue weighted by atomic mass is 9.86. The minimum absolute atomic E-state index is 0.247. The summed E-state index contributed by atoms with van der Waals surface area (Å²) in [6.45, 7) is 10.9. The van der Waals surface area contributed by atoms with Crippen LogP contribution in [0.2, 0.25) is 0 Å². The lowest BCUT2D eigenvalue weighted by molar-refractivity contribution is 0.0637. The Morgan fingerprint density at radius 1 is 1.21 bits per heavy atom. The zero-order valence-electron chi connectivity index (χ0n) is 17.6. The van der Waals surface area contributed by atoms with Crippen molar-refractivity contribution in [3.05, 3.63) is 23.4 Å². The highest BCUT2D eigenvalue weighted by Crippen LogP contribution is 2.31. The number of anilines is 1. The minimum atomic E-state index is 0.247. The predicted octanol–water partition coefficient (Wildman–Crippen LogP) is 2.29. The van der Waals surface area contributed by atoms with Gasteiger partial charge in [0.05, 0.1) is 5.56 Å². The average Bonchev–Trinajstić information content (AvgIpc) is 2.72. The third-order valence-corrected chi connectivity index (χ3v) is 6.34. The third-order valence-electron chi connectivity index (χ3n) is 6.34. The van der Waals surface area contributed by atoms with Gasteiger partial charge in [0.1, 0.15) is 11.9 Å². The van der Waals surface area contributed by atoms with Crippen LogP contribution in [-0.2, 0) is 0 Å². The highest BCUT2D eigenvalue weighted by atomic mass is 16.2. The number of piperidine rings is 1. The van der Waals surface area contributed by atoms with Gasteiger partial charge in [0.15, 0.2) is 0 Å². The van der Waals surface area contributed by atoms with E-state index in [0.717, 1.165) is 70.0 Å². The van der Waals surface area contributed by atoms with Gasteiger partial charge in [-0.25, -0.2) is 4.98 Å². The maximum absolute atomic E-state index is 9.60. The second-order valence-electron chi connectivity index (χ2n) is 8.64. The van der Waals surface area contributed by atoms with E-state index < -0.39 is 0 Å². The van der Waals surface area contributed by atoms with E-state index in [2.05, 4.69) is 41.7 Å². The van der Waals surface area contributed by atoms with Crippen LogP contribution < -0.4 is 4.90 Å². The molecule has 1 aromatic heterocycles. The number of hydrogen-bond donors (Lipinski definition) is 1. The molecule has 0 amide bonds. The molecule has 154 valence electrons. The number of pyridine rings is 1. The van der Waals surface area contributed by atoms with Gasteiger partial charge in [-0.15, -0.1) is 0 Å². The molecule has 28 heavy (non-hydrogen) atoms. The van der Waals surface area contributed by atoms with Crippen molar-refractivity contribution in [1.29, 1.82) is 5.26 Å². The van der Waals surface area contributed by atoms with Crippen LogP contribution in [0, 0.1) is 17.2 Å². The third kappa shape index (κ3) is 4.83. The molecule has 2 atom stereocenters. The van der Waals surface area contributed by atoms with E-state index in [1.165, 1.54) is 0 Å². The molecule has 6 nitrogen and oxygen atoms in total. The highest BCUT2D eigenvalue weighted by molar-refractivity contribution is 5.55. The van der Waals surface area contributed by atoms with Crippen molar-refractivity contribution >= 4 is 5.82 Å². The van der Waals surface area contributed by atoms with Gasteiger partial charge in [0.25, 0.3) is 0 Å². The van der Waals surface area contributed by atoms with Crippen molar-refractivity contribution < 1.29 is 5.11 Å². The smallest absolute Gasteiger partial charge is 0.146 e. The van der Waals surface area contributed by atoms with E-state index >= 15 is 0 Å². The van der Waals surface area contributed by atoms with Gasteiger partial charge in [-0.1, -0.05) is 13.8 Å². The summed E-state index contributed by atoms with van der Waals surface area (Å²) < 4.78 is 0. The SMILES string of the molecule is CC(C)c1ccc(C#N)c(N2CC[C@H](N3CCN(C)CC3)[C@H](CCCO)C2)n1. The van der Waals surface area contributed by atoms with Crippen molar-refractivity contribution in [3.8, 4) is 6.07 Å². The van der Waals surface area contributed by atoms with E-state index in [1.807, 2.05) is 12.1 Å². The van der Waals surface area contributed by atoms with Gasteiger partial charge in [0, 0.05) is 57.6 Å². The van der Waals surface area contributed by atoms with Gasteiger partial charge in [0.2, 0.25) is 0 Å². The first-order valence-corrected chi connectivity index (χ1v) is 10.7. The molecule has 0 spiro atoms. The summed E-state index contributed by atoms with van der Waals surface area (Å²) in [5.41, 5.74) is 1.71. The van der Waals surface area contributed by atoms with E-state index in [4.69, 9.17) is 4.98 Å². The minimum Gasteiger partial charge on any atom is -0.396 e. The second kappa shape index (κ2) is 9.69. The normalized spacial score (nSPS) is 24.5. The lowest BCUT2D eigenvalue weighted by Gasteiger charge is -2.47. The standard InChI is InChI=1S/C22H35N5O/c1-17(2)20-7-6-18(15-23)22(24-20)27-9-8-21(19(16-27)5-4-14-28)26-12-10-25(3)11-13-26/h6-7,17,19,21,28H,4-5,8-14,16H2,1-3H3/t19-,21+/m1/s1. The van der Waals surface area contributed by atoms with Crippen LogP contribution in [0.4, 0.5) is 5.82 Å². The van der Waals surface area contributed by atoms with Crippen molar-refractivity contribution in [2.75, 3.05) is 57.8 Å². The monoisotopic (exact) mass is 385 g/mol. The van der Waals surface area contributed by atoms with Crippen LogP contribution in [0.1, 0.15) is 50.3 Å². The summed E-state index contributed by atoms with van der Waals surface area (Å²) in [5.74, 6) is 1.69. The number of nitrogens with zero attached hydrogens (tertiary/aromatic N) is 5. The number of aliphatic hydroxyl groups excluding tert-OH is 1. The fraction of sp³-hybridized carbons (Fsp3) is 0.727. The molecule has 2 aliphatic heterocycles. The molecule has 6 heteroatoms. The Morgan fingerprint density at radius 3 is 2.61 bits per heavy atom. The molecule has 3 rings (SSSR count). The first-order valence-electron chi connectivity index (χ1n) is 10.7. The Morgan fingerprint density at radius 2 is 1.96 bits per heavy atom. The number of piperazine rings is 1. The number of nitriles is 1. The Kier molecular flexibility index (Phi) is 7.28. The Balaban J connectivity index is 1.79. The molecule has 0 aromatic carbocycles. The van der Waals surface area contributed by atoms with Gasteiger partial charge in [-0.3, -0.25) is 4.90 Å². The van der Waals surface area contributed by atoms with Crippen LogP contribution in [0.5, 0.6) is 0 Å². The molecule has 2 saturated heterocycles. The molecule has 0 saturated carbocycles. The number of hydrogen-bond acceptors (Lipinski definition) is 6. The summed E-state index contributed by atoms with van der Waals surface area (Å²) in [5, 5.41) is 19.0. The lowest BCUT2D eigenvalue weighted by Crippen LogP contribution is -2.56. The zero-order chi connectivity index (χ0) is 20.1. The van der Waals surface area contributed by atoms with Gasteiger partial charge in [-0.05, 0) is 50.3 Å². The predicted molar refractivity (Wildman–Crippen MR) is 113 cm³/mol. The molecule has 1 N–H and O–H groups in total.